The molecule has 2 aromatic rings. The third-order valence-corrected chi connectivity index (χ3v) is 7.63. The number of nitrogens with zero attached hydrogens (tertiary/aromatic N) is 4. The van der Waals surface area contributed by atoms with Crippen LogP contribution in [0.15, 0.2) is 35.5 Å². The first-order valence-corrected chi connectivity index (χ1v) is 12.9. The number of aromatic nitrogens is 3. The predicted octanol–water partition coefficient (Wildman–Crippen LogP) is 2.88. The number of hydrogen-bond acceptors (Lipinski definition) is 9. The maximum atomic E-state index is 11.9. The number of carbonyl (C=O) groups excluding carboxylic acids is 2. The van der Waals surface area contributed by atoms with Crippen LogP contribution in [0.4, 0.5) is 5.95 Å². The monoisotopic (exact) mass is 478 g/mol. The lowest BCUT2D eigenvalue weighted by molar-refractivity contribution is -0.119. The molecule has 0 amide bonds. The number of piperidine rings is 1. The summed E-state index contributed by atoms with van der Waals surface area (Å²) in [6.07, 6.45) is 10.0. The third-order valence-electron chi connectivity index (χ3n) is 6.69. The van der Waals surface area contributed by atoms with Gasteiger partial charge in [0.25, 0.3) is 0 Å². The van der Waals surface area contributed by atoms with Crippen molar-refractivity contribution in [1.82, 2.24) is 25.6 Å². The molecule has 34 heavy (non-hydrogen) atoms. The van der Waals surface area contributed by atoms with Crippen LogP contribution in [0.1, 0.15) is 55.1 Å². The minimum atomic E-state index is -0.125. The van der Waals surface area contributed by atoms with Gasteiger partial charge in [-0.1, -0.05) is 6.07 Å². The number of pyridine rings is 1. The fraction of sp³-hybridized carbons (Fsp3) is 0.480. The molecular formula is C25H30N6O2S. The van der Waals surface area contributed by atoms with Gasteiger partial charge in [-0.25, -0.2) is 9.97 Å². The van der Waals surface area contributed by atoms with Crippen LogP contribution in [0.25, 0.3) is 6.08 Å². The van der Waals surface area contributed by atoms with Crippen molar-refractivity contribution in [3.05, 3.63) is 52.4 Å². The van der Waals surface area contributed by atoms with E-state index in [0.29, 0.717) is 28.5 Å². The number of Topliss-reactive ketones (excluding diaryl/α,β-unsaturated/α-hetero) is 1. The number of rotatable bonds is 7. The molecule has 3 saturated heterocycles. The highest BCUT2D eigenvalue weighted by molar-refractivity contribution is 8.18. The lowest BCUT2D eigenvalue weighted by Crippen LogP contribution is -2.38. The number of hydrogen-bond donors (Lipinski definition) is 2. The summed E-state index contributed by atoms with van der Waals surface area (Å²) < 4.78 is 0. The van der Waals surface area contributed by atoms with Crippen LogP contribution in [0.5, 0.6) is 0 Å². The molecule has 3 aliphatic heterocycles. The third kappa shape index (κ3) is 5.71. The summed E-state index contributed by atoms with van der Waals surface area (Å²) in [6.45, 7) is 4.67. The molecule has 5 rings (SSSR count). The zero-order valence-corrected chi connectivity index (χ0v) is 20.0. The van der Waals surface area contributed by atoms with Crippen molar-refractivity contribution in [2.45, 2.75) is 44.7 Å². The normalized spacial score (nSPS) is 22.8. The van der Waals surface area contributed by atoms with Crippen molar-refractivity contribution < 1.29 is 9.59 Å². The van der Waals surface area contributed by atoms with Gasteiger partial charge < -0.3 is 15.5 Å². The van der Waals surface area contributed by atoms with E-state index in [1.807, 2.05) is 6.20 Å². The first-order chi connectivity index (χ1) is 16.6. The molecule has 0 saturated carbocycles. The van der Waals surface area contributed by atoms with Crippen LogP contribution in [0.3, 0.4) is 0 Å². The van der Waals surface area contributed by atoms with Gasteiger partial charge in [0.05, 0.1) is 22.7 Å². The summed E-state index contributed by atoms with van der Waals surface area (Å²) in [5, 5.41) is 6.99. The average Bonchev–Trinajstić information content (AvgIpc) is 3.50. The van der Waals surface area contributed by atoms with Crippen molar-refractivity contribution >= 4 is 34.7 Å². The molecule has 5 heterocycles. The quantitative estimate of drug-likeness (QED) is 0.460. The average molecular weight is 479 g/mol. The van der Waals surface area contributed by atoms with E-state index in [1.54, 1.807) is 18.3 Å². The Morgan fingerprint density at radius 3 is 2.74 bits per heavy atom. The van der Waals surface area contributed by atoms with Crippen molar-refractivity contribution in [2.75, 3.05) is 31.1 Å². The molecule has 2 N–H and O–H groups in total. The van der Waals surface area contributed by atoms with Crippen molar-refractivity contribution in [1.29, 1.82) is 0 Å². The molecule has 0 bridgehead atoms. The molecule has 0 radical (unpaired) electrons. The Morgan fingerprint density at radius 1 is 1.15 bits per heavy atom. The second-order valence-corrected chi connectivity index (χ2v) is 10.3. The van der Waals surface area contributed by atoms with E-state index in [1.165, 1.54) is 18.4 Å². The maximum Gasteiger partial charge on any atom is 0.225 e. The first kappa shape index (κ1) is 23.1. The van der Waals surface area contributed by atoms with E-state index < -0.39 is 0 Å². The molecule has 8 nitrogen and oxygen atoms in total. The first-order valence-electron chi connectivity index (χ1n) is 12.1. The fourth-order valence-corrected chi connectivity index (χ4v) is 5.54. The van der Waals surface area contributed by atoms with Gasteiger partial charge in [0.2, 0.25) is 11.1 Å². The second kappa shape index (κ2) is 10.8. The van der Waals surface area contributed by atoms with Crippen molar-refractivity contribution in [3.63, 3.8) is 0 Å². The molecular weight excluding hydrogens is 448 g/mol. The largest absolute Gasteiger partial charge is 0.341 e. The highest BCUT2D eigenvalue weighted by Crippen LogP contribution is 2.30. The molecule has 3 fully saturated rings. The summed E-state index contributed by atoms with van der Waals surface area (Å²) in [4.78, 5) is 39.7. The Kier molecular flexibility index (Phi) is 7.32. The van der Waals surface area contributed by atoms with Gasteiger partial charge in [-0.05, 0) is 80.2 Å². The number of allylic oxidation sites excluding steroid dienone is 1. The standard InChI is InChI=1S/C25H30N6O2S/c32-22-13-24(33)34-23(22)12-19-5-9-28-25(30-19)31-10-6-17(7-11-31)14-26-16-20-4-3-18(15-29-20)21-2-1-8-27-21/h3-5,9,12,15,17,21,26-27H,1-2,6-8,10-11,13-14,16H2/b23-12-. The lowest BCUT2D eigenvalue weighted by atomic mass is 9.97. The van der Waals surface area contributed by atoms with Crippen molar-refractivity contribution in [2.24, 2.45) is 5.92 Å². The van der Waals surface area contributed by atoms with Crippen LogP contribution in [-0.2, 0) is 16.1 Å². The van der Waals surface area contributed by atoms with E-state index in [9.17, 15) is 9.59 Å². The van der Waals surface area contributed by atoms with E-state index >= 15 is 0 Å². The fourth-order valence-electron chi connectivity index (χ4n) is 4.73. The smallest absolute Gasteiger partial charge is 0.225 e. The second-order valence-electron chi connectivity index (χ2n) is 9.16. The molecule has 178 valence electrons. The number of thioether (sulfide) groups is 1. The highest BCUT2D eigenvalue weighted by Gasteiger charge is 2.26. The van der Waals surface area contributed by atoms with Crippen LogP contribution >= 0.6 is 11.8 Å². The van der Waals surface area contributed by atoms with Crippen LogP contribution in [0, 0.1) is 5.92 Å². The highest BCUT2D eigenvalue weighted by atomic mass is 32.2. The SMILES string of the molecule is O=C1CC(=O)/C(=C/c2ccnc(N3CCC(CNCc4ccc(C5CCCN5)cn4)CC3)n2)S1. The Hall–Kier alpha value is -2.62. The zero-order valence-electron chi connectivity index (χ0n) is 19.2. The van der Waals surface area contributed by atoms with Gasteiger partial charge in [0, 0.05) is 38.1 Å². The molecule has 0 spiro atoms. The Labute approximate surface area is 204 Å². The van der Waals surface area contributed by atoms with Gasteiger partial charge in [0.15, 0.2) is 5.78 Å². The summed E-state index contributed by atoms with van der Waals surface area (Å²) in [6, 6.07) is 6.58. The topological polar surface area (TPSA) is 100 Å². The van der Waals surface area contributed by atoms with Gasteiger partial charge in [0.1, 0.15) is 0 Å². The summed E-state index contributed by atoms with van der Waals surface area (Å²) in [7, 11) is 0. The number of ketones is 1. The zero-order chi connectivity index (χ0) is 23.3. The molecule has 1 atom stereocenters. The molecule has 2 aromatic heterocycles. The summed E-state index contributed by atoms with van der Waals surface area (Å²) >= 11 is 1.01. The minimum Gasteiger partial charge on any atom is -0.341 e. The van der Waals surface area contributed by atoms with Gasteiger partial charge in [-0.3, -0.25) is 14.6 Å². The number of nitrogens with one attached hydrogen (secondary N) is 2. The predicted molar refractivity (Wildman–Crippen MR) is 133 cm³/mol. The lowest BCUT2D eigenvalue weighted by Gasteiger charge is -2.32. The Bertz CT molecular complexity index is 1060. The molecule has 0 aromatic carbocycles. The number of anilines is 1. The molecule has 3 aliphatic rings. The van der Waals surface area contributed by atoms with Gasteiger partial charge in [-0.15, -0.1) is 0 Å². The van der Waals surface area contributed by atoms with E-state index in [2.05, 4.69) is 42.6 Å². The summed E-state index contributed by atoms with van der Waals surface area (Å²) in [5.41, 5.74) is 3.04. The molecule has 9 heteroatoms. The molecule has 0 aliphatic carbocycles. The van der Waals surface area contributed by atoms with Gasteiger partial charge >= 0.3 is 0 Å². The summed E-state index contributed by atoms with van der Waals surface area (Å²) in [5.74, 6) is 1.17. The van der Waals surface area contributed by atoms with E-state index in [4.69, 9.17) is 0 Å². The van der Waals surface area contributed by atoms with E-state index in [0.717, 1.165) is 63.0 Å². The maximum absolute atomic E-state index is 11.9. The Morgan fingerprint density at radius 2 is 2.03 bits per heavy atom. The van der Waals surface area contributed by atoms with Crippen LogP contribution in [-0.4, -0.2) is 52.0 Å². The Balaban J connectivity index is 1.08. The minimum absolute atomic E-state index is 0.0185. The van der Waals surface area contributed by atoms with Crippen LogP contribution in [0.2, 0.25) is 0 Å². The number of carbonyl (C=O) groups is 2. The van der Waals surface area contributed by atoms with Crippen molar-refractivity contribution in [3.8, 4) is 0 Å². The van der Waals surface area contributed by atoms with E-state index in [-0.39, 0.29) is 17.3 Å². The van der Waals surface area contributed by atoms with Gasteiger partial charge in [-0.2, -0.15) is 0 Å². The van der Waals surface area contributed by atoms with Crippen LogP contribution < -0.4 is 15.5 Å². The molecule has 1 unspecified atom stereocenters.